The first-order valence-electron chi connectivity index (χ1n) is 5.38. The molecule has 0 radical (unpaired) electrons. The Morgan fingerprint density at radius 3 is 2.40 bits per heavy atom. The van der Waals surface area contributed by atoms with Crippen molar-refractivity contribution in [2.24, 2.45) is 5.41 Å². The van der Waals surface area contributed by atoms with Gasteiger partial charge in [-0.2, -0.15) is 0 Å². The number of amides is 1. The molecule has 1 saturated heterocycles. The Kier molecular flexibility index (Phi) is 3.28. The van der Waals surface area contributed by atoms with E-state index in [1.54, 1.807) is 4.90 Å². The molecule has 4 heteroatoms. The first kappa shape index (κ1) is 12.3. The van der Waals surface area contributed by atoms with E-state index < -0.39 is 5.60 Å². The zero-order chi connectivity index (χ0) is 11.7. The fraction of sp³-hybridized carbons (Fsp3) is 0.909. The summed E-state index contributed by atoms with van der Waals surface area (Å²) in [5.41, 5.74) is -0.183. The van der Waals surface area contributed by atoms with Gasteiger partial charge >= 0.3 is 6.09 Å². The zero-order valence-electron chi connectivity index (χ0n) is 10.4. The van der Waals surface area contributed by atoms with Gasteiger partial charge in [-0.3, -0.25) is 0 Å². The minimum Gasteiger partial charge on any atom is -0.444 e. The third-order valence-electron chi connectivity index (χ3n) is 2.40. The van der Waals surface area contributed by atoms with E-state index in [0.29, 0.717) is 0 Å². The lowest BCUT2D eigenvalue weighted by atomic mass is 9.82. The van der Waals surface area contributed by atoms with E-state index >= 15 is 0 Å². The maximum atomic E-state index is 11.6. The fourth-order valence-corrected chi connectivity index (χ4v) is 1.87. The summed E-state index contributed by atoms with van der Waals surface area (Å²) in [5, 5.41) is 3.14. The van der Waals surface area contributed by atoms with E-state index in [-0.39, 0.29) is 11.5 Å². The van der Waals surface area contributed by atoms with Gasteiger partial charge in [0.25, 0.3) is 0 Å². The molecule has 0 aromatic rings. The maximum Gasteiger partial charge on any atom is 0.410 e. The monoisotopic (exact) mass is 214 g/mol. The van der Waals surface area contributed by atoms with Gasteiger partial charge in [0.05, 0.1) is 0 Å². The lowest BCUT2D eigenvalue weighted by Gasteiger charge is -2.47. The van der Waals surface area contributed by atoms with Crippen molar-refractivity contribution in [1.29, 1.82) is 0 Å². The highest BCUT2D eigenvalue weighted by Crippen LogP contribution is 2.30. The maximum absolute atomic E-state index is 11.6. The fourth-order valence-electron chi connectivity index (χ4n) is 1.87. The van der Waals surface area contributed by atoms with E-state index in [1.807, 2.05) is 27.8 Å². The lowest BCUT2D eigenvalue weighted by Crippen LogP contribution is -2.61. The van der Waals surface area contributed by atoms with Crippen molar-refractivity contribution >= 4 is 6.09 Å². The Balaban J connectivity index is 2.35. The molecule has 88 valence electrons. The molecule has 1 aliphatic rings. The van der Waals surface area contributed by atoms with E-state index in [4.69, 9.17) is 4.74 Å². The second-order valence-corrected chi connectivity index (χ2v) is 5.68. The molecule has 1 N–H and O–H groups in total. The summed E-state index contributed by atoms with van der Waals surface area (Å²) in [6.07, 6.45) is -0.198. The Bertz CT molecular complexity index is 239. The molecule has 1 fully saturated rings. The van der Waals surface area contributed by atoms with Crippen molar-refractivity contribution in [2.45, 2.75) is 33.3 Å². The van der Waals surface area contributed by atoms with Gasteiger partial charge in [-0.15, -0.1) is 0 Å². The largest absolute Gasteiger partial charge is 0.444 e. The van der Waals surface area contributed by atoms with Crippen molar-refractivity contribution in [3.05, 3.63) is 0 Å². The number of hydrogen-bond acceptors (Lipinski definition) is 3. The molecule has 0 aliphatic carbocycles. The van der Waals surface area contributed by atoms with Crippen LogP contribution in [0.3, 0.4) is 0 Å². The minimum absolute atomic E-state index is 0.198. The summed E-state index contributed by atoms with van der Waals surface area (Å²) in [6, 6.07) is 0. The number of nitrogens with one attached hydrogen (secondary N) is 1. The van der Waals surface area contributed by atoms with Crippen molar-refractivity contribution < 1.29 is 9.53 Å². The predicted molar refractivity (Wildman–Crippen MR) is 59.8 cm³/mol. The molecule has 0 aromatic heterocycles. The summed E-state index contributed by atoms with van der Waals surface area (Å²) >= 11 is 0. The van der Waals surface area contributed by atoms with Gasteiger partial charge in [0, 0.05) is 25.0 Å². The number of nitrogens with zero attached hydrogens (tertiary/aromatic N) is 1. The Hall–Kier alpha value is -0.770. The highest BCUT2D eigenvalue weighted by atomic mass is 16.6. The summed E-state index contributed by atoms with van der Waals surface area (Å²) in [7, 11) is 1.93. The zero-order valence-corrected chi connectivity index (χ0v) is 10.4. The average Bonchev–Trinajstić information content (AvgIpc) is 1.96. The van der Waals surface area contributed by atoms with Crippen LogP contribution in [0.1, 0.15) is 27.7 Å². The smallest absolute Gasteiger partial charge is 0.410 e. The number of rotatable bonds is 2. The third kappa shape index (κ3) is 3.38. The molecule has 0 atom stereocenters. The molecule has 0 saturated carbocycles. The lowest BCUT2D eigenvalue weighted by molar-refractivity contribution is -0.0267. The number of likely N-dealkylation sites (tertiary alicyclic amines) is 1. The summed E-state index contributed by atoms with van der Waals surface area (Å²) in [6.45, 7) is 10.3. The quantitative estimate of drug-likeness (QED) is 0.756. The highest BCUT2D eigenvalue weighted by Gasteiger charge is 2.42. The molecule has 4 nitrogen and oxygen atoms in total. The average molecular weight is 214 g/mol. The number of carbonyl (C=O) groups is 1. The van der Waals surface area contributed by atoms with Crippen LogP contribution in [0.5, 0.6) is 0 Å². The van der Waals surface area contributed by atoms with Crippen molar-refractivity contribution in [2.75, 3.05) is 26.7 Å². The van der Waals surface area contributed by atoms with Crippen LogP contribution in [0.2, 0.25) is 0 Å². The Morgan fingerprint density at radius 2 is 2.00 bits per heavy atom. The molecule has 1 aliphatic heterocycles. The van der Waals surface area contributed by atoms with Gasteiger partial charge in [-0.25, -0.2) is 4.79 Å². The van der Waals surface area contributed by atoms with E-state index in [9.17, 15) is 4.79 Å². The van der Waals surface area contributed by atoms with E-state index in [2.05, 4.69) is 12.2 Å². The Morgan fingerprint density at radius 1 is 1.47 bits per heavy atom. The predicted octanol–water partition coefficient (Wildman–Crippen LogP) is 1.46. The van der Waals surface area contributed by atoms with Crippen LogP contribution < -0.4 is 5.32 Å². The molecule has 0 spiro atoms. The van der Waals surface area contributed by atoms with Gasteiger partial charge in [0.15, 0.2) is 0 Å². The molecule has 0 aromatic carbocycles. The van der Waals surface area contributed by atoms with Crippen LogP contribution in [-0.2, 0) is 4.74 Å². The third-order valence-corrected chi connectivity index (χ3v) is 2.40. The van der Waals surface area contributed by atoms with Crippen LogP contribution >= 0.6 is 0 Å². The molecular weight excluding hydrogens is 192 g/mol. The normalized spacial score (nSPS) is 19.7. The molecule has 1 heterocycles. The summed E-state index contributed by atoms with van der Waals surface area (Å²) < 4.78 is 5.28. The number of ether oxygens (including phenoxy) is 1. The van der Waals surface area contributed by atoms with Gasteiger partial charge in [-0.1, -0.05) is 6.92 Å². The topological polar surface area (TPSA) is 41.6 Å². The van der Waals surface area contributed by atoms with Gasteiger partial charge in [0.1, 0.15) is 5.60 Å². The summed E-state index contributed by atoms with van der Waals surface area (Å²) in [5.74, 6) is 0. The van der Waals surface area contributed by atoms with Gasteiger partial charge in [-0.05, 0) is 27.8 Å². The molecular formula is C11H22N2O2. The van der Waals surface area contributed by atoms with Crippen LogP contribution in [0.15, 0.2) is 0 Å². The van der Waals surface area contributed by atoms with E-state index in [0.717, 1.165) is 19.6 Å². The standard InChI is InChI=1S/C11H22N2O2/c1-10(2,3)15-9(14)13-7-11(4,8-13)6-12-5/h12H,6-8H2,1-5H3. The van der Waals surface area contributed by atoms with Gasteiger partial charge in [0.2, 0.25) is 0 Å². The molecule has 1 rings (SSSR count). The number of carbonyl (C=O) groups excluding carboxylic acids is 1. The van der Waals surface area contributed by atoms with Crippen LogP contribution in [0.4, 0.5) is 4.79 Å². The van der Waals surface area contributed by atoms with Crippen molar-refractivity contribution in [3.63, 3.8) is 0 Å². The molecule has 0 unspecified atom stereocenters. The second-order valence-electron chi connectivity index (χ2n) is 5.68. The number of hydrogen-bond donors (Lipinski definition) is 1. The molecule has 15 heavy (non-hydrogen) atoms. The highest BCUT2D eigenvalue weighted by molar-refractivity contribution is 5.69. The van der Waals surface area contributed by atoms with E-state index in [1.165, 1.54) is 0 Å². The SMILES string of the molecule is CNCC1(C)CN(C(=O)OC(C)(C)C)C1. The van der Waals surface area contributed by atoms with Crippen molar-refractivity contribution in [1.82, 2.24) is 10.2 Å². The van der Waals surface area contributed by atoms with Gasteiger partial charge < -0.3 is 15.0 Å². The first-order valence-corrected chi connectivity index (χ1v) is 5.38. The minimum atomic E-state index is -0.397. The Labute approximate surface area is 92.0 Å². The molecule has 0 bridgehead atoms. The van der Waals surface area contributed by atoms with Crippen LogP contribution in [0.25, 0.3) is 0 Å². The first-order chi connectivity index (χ1) is 6.76. The second kappa shape index (κ2) is 4.00. The molecule has 1 amide bonds. The van der Waals surface area contributed by atoms with Crippen LogP contribution in [0, 0.1) is 5.41 Å². The van der Waals surface area contributed by atoms with Crippen LogP contribution in [-0.4, -0.2) is 43.3 Å². The summed E-state index contributed by atoms with van der Waals surface area (Å²) in [4.78, 5) is 13.4. The van der Waals surface area contributed by atoms with Crippen molar-refractivity contribution in [3.8, 4) is 0 Å².